The normalized spacial score (nSPS) is 13.9. The molecule has 4 aromatic heterocycles. The summed E-state index contributed by atoms with van der Waals surface area (Å²) in [5, 5.41) is 21.5. The summed E-state index contributed by atoms with van der Waals surface area (Å²) in [7, 11) is 0. The first-order valence-electron chi connectivity index (χ1n) is 27.5. The third-order valence-corrected chi connectivity index (χ3v) is 18.4. The lowest BCUT2D eigenvalue weighted by Gasteiger charge is -2.27. The van der Waals surface area contributed by atoms with E-state index in [0.29, 0.717) is 28.3 Å². The van der Waals surface area contributed by atoms with Crippen LogP contribution >= 0.6 is 0 Å². The van der Waals surface area contributed by atoms with Crippen molar-refractivity contribution in [3.05, 3.63) is 258 Å². The predicted molar refractivity (Wildman–Crippen MR) is 330 cm³/mol. The summed E-state index contributed by atoms with van der Waals surface area (Å²) in [6.07, 6.45) is 0. The van der Waals surface area contributed by atoms with Crippen LogP contribution in [0.4, 0.5) is 5.69 Å². The molecule has 0 N–H and O–H groups in total. The van der Waals surface area contributed by atoms with Gasteiger partial charge in [0.2, 0.25) is 5.69 Å². The van der Waals surface area contributed by atoms with Gasteiger partial charge in [-0.05, 0) is 93.0 Å². The summed E-state index contributed by atoms with van der Waals surface area (Å²) in [4.78, 5) is 4.87. The molecule has 0 spiro atoms. The number of para-hydroxylation sites is 6. The van der Waals surface area contributed by atoms with E-state index in [1.165, 1.54) is 44.5 Å². The Morgan fingerprint density at radius 1 is 0.338 bits per heavy atom. The van der Waals surface area contributed by atoms with Crippen LogP contribution in [0.25, 0.3) is 137 Å². The first-order chi connectivity index (χ1) is 39.2. The van der Waals surface area contributed by atoms with Gasteiger partial charge in [0.1, 0.15) is 6.07 Å². The average Bonchev–Trinajstić information content (AvgIpc) is 4.47. The van der Waals surface area contributed by atoms with Gasteiger partial charge in [0.15, 0.2) is 0 Å². The number of nitriles is 1. The lowest BCUT2D eigenvalue weighted by Crippen LogP contribution is -2.15. The topological polar surface area (TPSA) is 47.9 Å². The van der Waals surface area contributed by atoms with Crippen molar-refractivity contribution >= 4 is 92.9 Å². The number of nitrogens with zero attached hydrogens (tertiary/aromatic N) is 6. The fourth-order valence-corrected chi connectivity index (χ4v) is 15.1. The molecule has 2 aliphatic rings. The monoisotopic (exact) mass is 1020 g/mol. The zero-order valence-electron chi connectivity index (χ0n) is 44.5. The zero-order valence-corrected chi connectivity index (χ0v) is 44.5. The third kappa shape index (κ3) is 5.40. The van der Waals surface area contributed by atoms with Crippen molar-refractivity contribution in [1.29, 1.82) is 5.26 Å². The van der Waals surface area contributed by atoms with Crippen molar-refractivity contribution in [2.75, 3.05) is 0 Å². The van der Waals surface area contributed by atoms with Gasteiger partial charge in [-0.1, -0.05) is 198 Å². The number of benzene rings is 11. The molecular weight excluding hydrogens is 973 g/mol. The van der Waals surface area contributed by atoms with Crippen molar-refractivity contribution in [3.8, 4) is 51.1 Å². The fourth-order valence-electron chi connectivity index (χ4n) is 15.1. The molecule has 374 valence electrons. The molecule has 15 aromatic rings. The minimum absolute atomic E-state index is 0.251. The SMILES string of the molecule is [C-]#[N+]c1c(-n2c3ccccc3c3ccccc32)c(-n2c3ccccc3c3c4c(ccc32)C(C)(C)c2ccccc2-4)c(-n2c3ccccc3c3ccccc32)c(C#N)c1-n1c2ccccc2c2c3c(ccc21)C(C)(C)c1ccccc1-3. The second kappa shape index (κ2) is 15.6. The van der Waals surface area contributed by atoms with E-state index in [0.717, 1.165) is 92.9 Å². The second-order valence-electron chi connectivity index (χ2n) is 22.9. The van der Waals surface area contributed by atoms with Gasteiger partial charge in [0.25, 0.3) is 0 Å². The first-order valence-corrected chi connectivity index (χ1v) is 27.5. The maximum atomic E-state index is 12.8. The van der Waals surface area contributed by atoms with Gasteiger partial charge in [-0.3, -0.25) is 0 Å². The van der Waals surface area contributed by atoms with Crippen LogP contribution in [0, 0.1) is 17.9 Å². The van der Waals surface area contributed by atoms with Crippen LogP contribution < -0.4 is 0 Å². The van der Waals surface area contributed by atoms with E-state index in [1.807, 2.05) is 0 Å². The molecule has 0 saturated heterocycles. The Labute approximate surface area is 461 Å². The van der Waals surface area contributed by atoms with Crippen LogP contribution in [-0.2, 0) is 10.8 Å². The van der Waals surface area contributed by atoms with Gasteiger partial charge < -0.3 is 18.3 Å². The molecule has 0 atom stereocenters. The Kier molecular flexibility index (Phi) is 8.74. The lowest BCUT2D eigenvalue weighted by molar-refractivity contribution is 0.660. The smallest absolute Gasteiger partial charge is 0.237 e. The standard InChI is InChI=1S/C74H48N6/c1-73(2)52-30-14-6-26-47(52)64-54(73)38-40-62-66(64)49-28-12-20-36-60(49)79(62)69-51(42-75)70(77-56-32-16-8-22-43(56)44-23-9-17-33-57(44)77)72(71(68(69)76-5)78-58-34-18-10-24-45(58)46-25-11-19-35-59(46)78)80-61-37-21-13-29-50(61)67-63(80)41-39-55-65(67)48-27-7-15-31-53(48)74(55,3)4/h6-41H,1-4H3. The van der Waals surface area contributed by atoms with Gasteiger partial charge in [-0.25, -0.2) is 4.85 Å². The summed E-state index contributed by atoms with van der Waals surface area (Å²) in [5.74, 6) is 0. The third-order valence-electron chi connectivity index (χ3n) is 18.4. The average molecular weight is 1020 g/mol. The highest BCUT2D eigenvalue weighted by atomic mass is 15.1. The highest BCUT2D eigenvalue weighted by Gasteiger charge is 2.41. The van der Waals surface area contributed by atoms with E-state index < -0.39 is 0 Å². The molecule has 80 heavy (non-hydrogen) atoms. The van der Waals surface area contributed by atoms with E-state index in [1.54, 1.807) is 0 Å². The van der Waals surface area contributed by atoms with Crippen LogP contribution in [0.2, 0.25) is 0 Å². The van der Waals surface area contributed by atoms with Gasteiger partial charge in [0, 0.05) is 53.9 Å². The van der Waals surface area contributed by atoms with Gasteiger partial charge in [0.05, 0.1) is 79.0 Å². The molecule has 17 rings (SSSR count). The molecule has 0 saturated carbocycles. The molecule has 0 unspecified atom stereocenters. The molecule has 6 heteroatoms. The molecular formula is C74H48N6. The van der Waals surface area contributed by atoms with Crippen LogP contribution in [-0.4, -0.2) is 18.3 Å². The van der Waals surface area contributed by atoms with Crippen molar-refractivity contribution in [2.45, 2.75) is 38.5 Å². The quantitative estimate of drug-likeness (QED) is 0.162. The number of hydrogen-bond acceptors (Lipinski definition) is 1. The van der Waals surface area contributed by atoms with E-state index in [9.17, 15) is 11.8 Å². The van der Waals surface area contributed by atoms with Crippen LogP contribution in [0.5, 0.6) is 0 Å². The Morgan fingerprint density at radius 2 is 0.662 bits per heavy atom. The van der Waals surface area contributed by atoms with Crippen LogP contribution in [0.1, 0.15) is 55.5 Å². The molecule has 0 bridgehead atoms. The molecule has 0 amide bonds. The second-order valence-corrected chi connectivity index (χ2v) is 22.9. The Bertz CT molecular complexity index is 5140. The summed E-state index contributed by atoms with van der Waals surface area (Å²) < 4.78 is 9.35. The van der Waals surface area contributed by atoms with Gasteiger partial charge in [-0.2, -0.15) is 5.26 Å². The molecule has 4 heterocycles. The Balaban J connectivity index is 1.17. The number of aromatic nitrogens is 4. The van der Waals surface area contributed by atoms with Crippen molar-refractivity contribution < 1.29 is 0 Å². The van der Waals surface area contributed by atoms with Crippen LogP contribution in [0.3, 0.4) is 0 Å². The number of hydrogen-bond donors (Lipinski definition) is 0. The van der Waals surface area contributed by atoms with Crippen LogP contribution in [0.15, 0.2) is 218 Å². The highest BCUT2D eigenvalue weighted by Crippen LogP contribution is 2.58. The van der Waals surface area contributed by atoms with E-state index in [2.05, 4.69) is 270 Å². The Hall–Kier alpha value is -10.4. The maximum absolute atomic E-state index is 12.8. The molecule has 6 nitrogen and oxygen atoms in total. The largest absolute Gasteiger partial charge is 0.317 e. The molecule has 2 aliphatic carbocycles. The van der Waals surface area contributed by atoms with E-state index in [-0.39, 0.29) is 10.8 Å². The molecule has 0 aliphatic heterocycles. The number of rotatable bonds is 4. The molecule has 0 radical (unpaired) electrons. The van der Waals surface area contributed by atoms with E-state index >= 15 is 0 Å². The molecule has 11 aromatic carbocycles. The first kappa shape index (κ1) is 44.7. The van der Waals surface area contributed by atoms with Gasteiger partial charge >= 0.3 is 0 Å². The minimum Gasteiger partial charge on any atom is -0.317 e. The predicted octanol–water partition coefficient (Wildman–Crippen LogP) is 19.1. The fraction of sp³-hybridized carbons (Fsp3) is 0.0811. The summed E-state index contributed by atoms with van der Waals surface area (Å²) in [6, 6.07) is 81.5. The molecule has 0 fully saturated rings. The minimum atomic E-state index is -0.252. The summed E-state index contributed by atoms with van der Waals surface area (Å²) in [5.41, 5.74) is 20.5. The zero-order chi connectivity index (χ0) is 53.5. The van der Waals surface area contributed by atoms with Gasteiger partial charge in [-0.15, -0.1) is 0 Å². The summed E-state index contributed by atoms with van der Waals surface area (Å²) in [6.45, 7) is 19.3. The number of fused-ring (bicyclic) bond motifs is 20. The lowest BCUT2D eigenvalue weighted by atomic mass is 9.82. The Morgan fingerprint density at radius 3 is 1.06 bits per heavy atom. The van der Waals surface area contributed by atoms with Crippen molar-refractivity contribution in [1.82, 2.24) is 18.3 Å². The van der Waals surface area contributed by atoms with Crippen molar-refractivity contribution in [3.63, 3.8) is 0 Å². The van der Waals surface area contributed by atoms with E-state index in [4.69, 9.17) is 4.85 Å². The summed E-state index contributed by atoms with van der Waals surface area (Å²) >= 11 is 0. The highest BCUT2D eigenvalue weighted by molar-refractivity contribution is 6.22. The van der Waals surface area contributed by atoms with Crippen molar-refractivity contribution in [2.24, 2.45) is 0 Å². The maximum Gasteiger partial charge on any atom is 0.237 e.